The third kappa shape index (κ3) is 2.06. The Hall–Kier alpha value is -1.62. The third-order valence-electron chi connectivity index (χ3n) is 3.61. The van der Waals surface area contributed by atoms with Crippen LogP contribution in [0.2, 0.25) is 0 Å². The number of hydrogen-bond acceptors (Lipinski definition) is 4. The molecule has 0 saturated carbocycles. The Morgan fingerprint density at radius 3 is 3.11 bits per heavy atom. The summed E-state index contributed by atoms with van der Waals surface area (Å²) in [4.78, 5) is 10.9. The minimum atomic E-state index is 0.553. The first-order valence-corrected chi connectivity index (χ1v) is 6.51. The lowest BCUT2D eigenvalue weighted by atomic mass is 10.0. The van der Waals surface area contributed by atoms with E-state index in [9.17, 15) is 0 Å². The minimum Gasteiger partial charge on any atom is -0.366 e. The van der Waals surface area contributed by atoms with Crippen LogP contribution in [0.15, 0.2) is 24.8 Å². The quantitative estimate of drug-likeness (QED) is 0.862. The number of hydrogen-bond donors (Lipinski definition) is 1. The zero-order valence-electron chi connectivity index (χ0n) is 10.9. The van der Waals surface area contributed by atoms with Gasteiger partial charge in [-0.3, -0.25) is 4.40 Å². The van der Waals surface area contributed by atoms with Gasteiger partial charge in [0.1, 0.15) is 0 Å². The molecule has 1 aliphatic rings. The molecule has 1 N–H and O–H groups in total. The van der Waals surface area contributed by atoms with E-state index < -0.39 is 0 Å². The Morgan fingerprint density at radius 1 is 1.39 bits per heavy atom. The highest BCUT2D eigenvalue weighted by atomic mass is 15.2. The summed E-state index contributed by atoms with van der Waals surface area (Å²) in [6.45, 7) is 7.63. The molecule has 2 aromatic heterocycles. The van der Waals surface area contributed by atoms with Gasteiger partial charge in [-0.2, -0.15) is 0 Å². The molecule has 1 fully saturated rings. The highest BCUT2D eigenvalue weighted by Gasteiger charge is 2.22. The van der Waals surface area contributed by atoms with Crippen LogP contribution in [0.1, 0.15) is 13.8 Å². The Morgan fingerprint density at radius 2 is 2.28 bits per heavy atom. The first-order chi connectivity index (χ1) is 8.74. The van der Waals surface area contributed by atoms with E-state index in [2.05, 4.69) is 40.2 Å². The molecule has 0 amide bonds. The van der Waals surface area contributed by atoms with Crippen LogP contribution in [0.5, 0.6) is 0 Å². The van der Waals surface area contributed by atoms with Gasteiger partial charge in [0.05, 0.1) is 11.9 Å². The van der Waals surface area contributed by atoms with Crippen molar-refractivity contribution in [3.05, 3.63) is 24.8 Å². The summed E-state index contributed by atoms with van der Waals surface area (Å²) < 4.78 is 1.97. The second-order valence-electron chi connectivity index (χ2n) is 5.20. The van der Waals surface area contributed by atoms with Crippen LogP contribution in [0.25, 0.3) is 5.78 Å². The fraction of sp³-hybridized carbons (Fsp3) is 0.538. The average Bonchev–Trinajstić information content (AvgIpc) is 2.86. The van der Waals surface area contributed by atoms with Gasteiger partial charge >= 0.3 is 0 Å². The van der Waals surface area contributed by atoms with Gasteiger partial charge in [-0.05, 0) is 5.92 Å². The summed E-state index contributed by atoms with van der Waals surface area (Å²) in [6.07, 6.45) is 7.75. The Kier molecular flexibility index (Phi) is 2.91. The van der Waals surface area contributed by atoms with E-state index in [-0.39, 0.29) is 0 Å². The summed E-state index contributed by atoms with van der Waals surface area (Å²) in [5, 5.41) is 3.57. The fourth-order valence-electron chi connectivity index (χ4n) is 2.43. The molecule has 0 bridgehead atoms. The standard InChI is InChI=1S/C13H19N5/c1-10(2)12-9-17(5-3-14-12)11-7-16-13-15-4-6-18(13)8-11/h4,6-8,10,12,14H,3,5,9H2,1-2H3. The summed E-state index contributed by atoms with van der Waals surface area (Å²) in [5.41, 5.74) is 1.17. The Labute approximate surface area is 107 Å². The predicted octanol–water partition coefficient (Wildman–Crippen LogP) is 1.16. The van der Waals surface area contributed by atoms with Crippen molar-refractivity contribution < 1.29 is 0 Å². The molecule has 1 unspecified atom stereocenters. The molecule has 18 heavy (non-hydrogen) atoms. The first kappa shape index (κ1) is 11.5. The molecule has 3 rings (SSSR count). The zero-order chi connectivity index (χ0) is 12.5. The van der Waals surface area contributed by atoms with Gasteiger partial charge in [0.15, 0.2) is 0 Å². The van der Waals surface area contributed by atoms with E-state index in [0.29, 0.717) is 12.0 Å². The number of nitrogens with one attached hydrogen (secondary N) is 1. The molecule has 1 aliphatic heterocycles. The van der Waals surface area contributed by atoms with E-state index in [1.807, 2.05) is 16.8 Å². The molecule has 2 aromatic rings. The van der Waals surface area contributed by atoms with Gasteiger partial charge in [0.25, 0.3) is 0 Å². The molecular formula is C13H19N5. The second kappa shape index (κ2) is 4.57. The molecule has 0 aromatic carbocycles. The van der Waals surface area contributed by atoms with Crippen LogP contribution in [-0.2, 0) is 0 Å². The SMILES string of the molecule is CC(C)C1CN(c2cnc3nccn3c2)CCN1. The van der Waals surface area contributed by atoms with Crippen LogP contribution in [0.4, 0.5) is 5.69 Å². The van der Waals surface area contributed by atoms with Crippen molar-refractivity contribution in [1.82, 2.24) is 19.7 Å². The molecule has 5 nitrogen and oxygen atoms in total. The maximum atomic E-state index is 4.38. The summed E-state index contributed by atoms with van der Waals surface area (Å²) in [6, 6.07) is 0.553. The molecule has 0 aliphatic carbocycles. The smallest absolute Gasteiger partial charge is 0.233 e. The average molecular weight is 245 g/mol. The Bertz CT molecular complexity index is 533. The number of aromatic nitrogens is 3. The van der Waals surface area contributed by atoms with Gasteiger partial charge in [-0.15, -0.1) is 0 Å². The van der Waals surface area contributed by atoms with Crippen molar-refractivity contribution in [1.29, 1.82) is 0 Å². The topological polar surface area (TPSA) is 45.5 Å². The van der Waals surface area contributed by atoms with Crippen LogP contribution < -0.4 is 10.2 Å². The number of nitrogens with zero attached hydrogens (tertiary/aromatic N) is 4. The molecule has 5 heteroatoms. The summed E-state index contributed by atoms with van der Waals surface area (Å²) in [7, 11) is 0. The van der Waals surface area contributed by atoms with Crippen LogP contribution in [0, 0.1) is 5.92 Å². The second-order valence-corrected chi connectivity index (χ2v) is 5.20. The molecule has 0 radical (unpaired) electrons. The molecular weight excluding hydrogens is 226 g/mol. The third-order valence-corrected chi connectivity index (χ3v) is 3.61. The number of piperazine rings is 1. The van der Waals surface area contributed by atoms with E-state index >= 15 is 0 Å². The van der Waals surface area contributed by atoms with Gasteiger partial charge in [-0.1, -0.05) is 13.8 Å². The van der Waals surface area contributed by atoms with Crippen LogP contribution in [0.3, 0.4) is 0 Å². The van der Waals surface area contributed by atoms with Crippen molar-refractivity contribution in [2.45, 2.75) is 19.9 Å². The summed E-state index contributed by atoms with van der Waals surface area (Å²) in [5.74, 6) is 1.41. The van der Waals surface area contributed by atoms with Crippen LogP contribution in [-0.4, -0.2) is 40.0 Å². The Balaban J connectivity index is 1.84. The highest BCUT2D eigenvalue weighted by molar-refractivity contribution is 5.46. The lowest BCUT2D eigenvalue weighted by Gasteiger charge is -2.36. The van der Waals surface area contributed by atoms with Crippen molar-refractivity contribution in [2.75, 3.05) is 24.5 Å². The maximum absolute atomic E-state index is 4.38. The number of anilines is 1. The van der Waals surface area contributed by atoms with Crippen LogP contribution >= 0.6 is 0 Å². The fourth-order valence-corrected chi connectivity index (χ4v) is 2.43. The van der Waals surface area contributed by atoms with E-state index in [1.54, 1.807) is 6.20 Å². The van der Waals surface area contributed by atoms with Gasteiger partial charge in [-0.25, -0.2) is 9.97 Å². The summed E-state index contributed by atoms with van der Waals surface area (Å²) >= 11 is 0. The zero-order valence-corrected chi connectivity index (χ0v) is 10.9. The van der Waals surface area contributed by atoms with E-state index in [4.69, 9.17) is 0 Å². The molecule has 1 saturated heterocycles. The maximum Gasteiger partial charge on any atom is 0.233 e. The minimum absolute atomic E-state index is 0.553. The van der Waals surface area contributed by atoms with Crippen molar-refractivity contribution in [3.8, 4) is 0 Å². The van der Waals surface area contributed by atoms with E-state index in [0.717, 1.165) is 25.4 Å². The van der Waals surface area contributed by atoms with Crippen molar-refractivity contribution >= 4 is 11.5 Å². The van der Waals surface area contributed by atoms with Crippen molar-refractivity contribution in [2.24, 2.45) is 5.92 Å². The molecule has 0 spiro atoms. The number of fused-ring (bicyclic) bond motifs is 1. The normalized spacial score (nSPS) is 20.8. The van der Waals surface area contributed by atoms with E-state index in [1.165, 1.54) is 5.69 Å². The predicted molar refractivity (Wildman–Crippen MR) is 71.8 cm³/mol. The first-order valence-electron chi connectivity index (χ1n) is 6.51. The number of imidazole rings is 1. The van der Waals surface area contributed by atoms with Crippen molar-refractivity contribution in [3.63, 3.8) is 0 Å². The van der Waals surface area contributed by atoms with Gasteiger partial charge < -0.3 is 10.2 Å². The monoisotopic (exact) mass is 245 g/mol. The number of rotatable bonds is 2. The molecule has 96 valence electrons. The molecule has 3 heterocycles. The highest BCUT2D eigenvalue weighted by Crippen LogP contribution is 2.17. The van der Waals surface area contributed by atoms with Gasteiger partial charge in [0, 0.05) is 44.3 Å². The van der Waals surface area contributed by atoms with Gasteiger partial charge in [0.2, 0.25) is 5.78 Å². The molecule has 1 atom stereocenters. The largest absolute Gasteiger partial charge is 0.366 e. The lowest BCUT2D eigenvalue weighted by molar-refractivity contribution is 0.368. The lowest BCUT2D eigenvalue weighted by Crippen LogP contribution is -2.53.